The molecule has 2 aromatic carbocycles. The fourth-order valence-electron chi connectivity index (χ4n) is 3.94. The minimum atomic E-state index is -0.190. The first-order valence-corrected chi connectivity index (χ1v) is 10.9. The molecule has 166 valence electrons. The molecule has 0 saturated carbocycles. The van der Waals surface area contributed by atoms with E-state index in [1.165, 1.54) is 0 Å². The molecular weight excluding hydrogens is 389 g/mol. The normalized spacial score (nSPS) is 14.8. The molecule has 31 heavy (non-hydrogen) atoms. The number of hydrogen-bond donors (Lipinski definition) is 1. The van der Waals surface area contributed by atoms with Crippen molar-refractivity contribution in [3.8, 4) is 5.75 Å². The summed E-state index contributed by atoms with van der Waals surface area (Å²) >= 11 is 0. The highest BCUT2D eigenvalue weighted by atomic mass is 19.1. The predicted octanol–water partition coefficient (Wildman–Crippen LogP) is 4.86. The third-order valence-electron chi connectivity index (χ3n) is 5.91. The van der Waals surface area contributed by atoms with E-state index in [1.54, 1.807) is 18.2 Å². The van der Waals surface area contributed by atoms with Crippen molar-refractivity contribution in [2.45, 2.75) is 38.9 Å². The van der Waals surface area contributed by atoms with E-state index in [2.05, 4.69) is 47.5 Å². The van der Waals surface area contributed by atoms with Gasteiger partial charge in [0.25, 0.3) is 0 Å². The molecule has 1 heterocycles. The summed E-state index contributed by atoms with van der Waals surface area (Å²) in [5.74, 6) is 1.55. The van der Waals surface area contributed by atoms with Gasteiger partial charge >= 0.3 is 0 Å². The quantitative estimate of drug-likeness (QED) is 0.553. The lowest BCUT2D eigenvalue weighted by atomic mass is 10.0. The Kier molecular flexibility index (Phi) is 8.13. The van der Waals surface area contributed by atoms with Crippen LogP contribution in [0.3, 0.4) is 0 Å². The minimum absolute atomic E-state index is 0.190. The maximum absolute atomic E-state index is 13.6. The van der Waals surface area contributed by atoms with Crippen LogP contribution in [0.5, 0.6) is 5.75 Å². The molecule has 1 aliphatic heterocycles. The zero-order valence-corrected chi connectivity index (χ0v) is 18.7. The van der Waals surface area contributed by atoms with Crippen LogP contribution < -0.4 is 10.1 Å². The zero-order valence-electron chi connectivity index (χ0n) is 18.7. The standard InChI is InChI=1S/C26H34FN3O/c1-5-16-31-26-10-6-22(7-11-26)18-28-21(3)30(25-12-14-29(4)15-13-25)19-23-8-9-24(27)17-20(23)2/h5-11,17,25,28H,1,3,12-16,18-19H2,2,4H3. The van der Waals surface area contributed by atoms with Gasteiger partial charge in [0.15, 0.2) is 0 Å². The fraction of sp³-hybridized carbons (Fsp3) is 0.385. The Labute approximate surface area is 186 Å². The molecule has 1 N–H and O–H groups in total. The maximum Gasteiger partial charge on any atom is 0.123 e. The smallest absolute Gasteiger partial charge is 0.123 e. The summed E-state index contributed by atoms with van der Waals surface area (Å²) in [6, 6.07) is 13.5. The molecule has 0 radical (unpaired) electrons. The average Bonchev–Trinajstić information content (AvgIpc) is 2.77. The van der Waals surface area contributed by atoms with Crippen LogP contribution in [0.4, 0.5) is 4.39 Å². The second kappa shape index (κ2) is 11.0. The zero-order chi connectivity index (χ0) is 22.2. The van der Waals surface area contributed by atoms with Crippen LogP contribution in [0.25, 0.3) is 0 Å². The maximum atomic E-state index is 13.6. The predicted molar refractivity (Wildman–Crippen MR) is 125 cm³/mol. The fourth-order valence-corrected chi connectivity index (χ4v) is 3.94. The van der Waals surface area contributed by atoms with Gasteiger partial charge in [-0.15, -0.1) is 0 Å². The summed E-state index contributed by atoms with van der Waals surface area (Å²) in [5.41, 5.74) is 3.27. The van der Waals surface area contributed by atoms with E-state index < -0.39 is 0 Å². The average molecular weight is 424 g/mol. The molecule has 2 aromatic rings. The number of hydrogen-bond acceptors (Lipinski definition) is 4. The minimum Gasteiger partial charge on any atom is -0.490 e. The molecule has 4 nitrogen and oxygen atoms in total. The van der Waals surface area contributed by atoms with Gasteiger partial charge in [-0.25, -0.2) is 4.39 Å². The second-order valence-electron chi connectivity index (χ2n) is 8.28. The highest BCUT2D eigenvalue weighted by molar-refractivity contribution is 5.28. The second-order valence-corrected chi connectivity index (χ2v) is 8.28. The number of benzene rings is 2. The molecular formula is C26H34FN3O. The van der Waals surface area contributed by atoms with Crippen LogP contribution in [0, 0.1) is 12.7 Å². The third-order valence-corrected chi connectivity index (χ3v) is 5.91. The first-order chi connectivity index (χ1) is 15.0. The summed E-state index contributed by atoms with van der Waals surface area (Å²) < 4.78 is 19.1. The summed E-state index contributed by atoms with van der Waals surface area (Å²) in [6.45, 7) is 14.1. The topological polar surface area (TPSA) is 27.7 Å². The highest BCUT2D eigenvalue weighted by Gasteiger charge is 2.24. The van der Waals surface area contributed by atoms with Crippen LogP contribution >= 0.6 is 0 Å². The van der Waals surface area contributed by atoms with Crippen molar-refractivity contribution in [2.75, 3.05) is 26.7 Å². The molecule has 0 unspecified atom stereocenters. The van der Waals surface area contributed by atoms with Crippen LogP contribution in [0.2, 0.25) is 0 Å². The van der Waals surface area contributed by atoms with Gasteiger partial charge in [-0.05, 0) is 80.9 Å². The van der Waals surface area contributed by atoms with Crippen molar-refractivity contribution < 1.29 is 9.13 Å². The van der Waals surface area contributed by atoms with Crippen molar-refractivity contribution in [3.63, 3.8) is 0 Å². The molecule has 0 amide bonds. The Balaban J connectivity index is 1.67. The van der Waals surface area contributed by atoms with Crippen molar-refractivity contribution in [1.29, 1.82) is 0 Å². The van der Waals surface area contributed by atoms with Gasteiger partial charge in [0.1, 0.15) is 18.2 Å². The lowest BCUT2D eigenvalue weighted by Crippen LogP contribution is -2.45. The number of halogens is 1. The molecule has 0 atom stereocenters. The number of nitrogens with one attached hydrogen (secondary N) is 1. The van der Waals surface area contributed by atoms with Gasteiger partial charge in [0, 0.05) is 19.1 Å². The number of aryl methyl sites for hydroxylation is 1. The van der Waals surface area contributed by atoms with Crippen molar-refractivity contribution in [1.82, 2.24) is 15.1 Å². The van der Waals surface area contributed by atoms with Gasteiger partial charge in [0.05, 0.1) is 5.82 Å². The highest BCUT2D eigenvalue weighted by Crippen LogP contribution is 2.23. The molecule has 0 aliphatic carbocycles. The Morgan fingerprint density at radius 1 is 1.23 bits per heavy atom. The molecule has 0 aromatic heterocycles. The van der Waals surface area contributed by atoms with E-state index in [-0.39, 0.29) is 5.82 Å². The Morgan fingerprint density at radius 2 is 1.94 bits per heavy atom. The van der Waals surface area contributed by atoms with E-state index in [0.717, 1.165) is 60.7 Å². The van der Waals surface area contributed by atoms with Crippen LogP contribution in [0.15, 0.2) is 67.5 Å². The van der Waals surface area contributed by atoms with E-state index in [9.17, 15) is 4.39 Å². The molecule has 0 spiro atoms. The summed E-state index contributed by atoms with van der Waals surface area (Å²) in [7, 11) is 2.17. The first kappa shape index (κ1) is 22.9. The lowest BCUT2D eigenvalue weighted by Gasteiger charge is -2.40. The van der Waals surface area contributed by atoms with Crippen LogP contribution in [0.1, 0.15) is 29.5 Å². The third kappa shape index (κ3) is 6.59. The first-order valence-electron chi connectivity index (χ1n) is 10.9. The van der Waals surface area contributed by atoms with E-state index in [4.69, 9.17) is 4.74 Å². The summed E-state index contributed by atoms with van der Waals surface area (Å²) in [5, 5.41) is 3.51. The molecule has 1 fully saturated rings. The van der Waals surface area contributed by atoms with E-state index >= 15 is 0 Å². The Hall–Kier alpha value is -2.79. The SMILES string of the molecule is C=CCOc1ccc(CNC(=C)N(Cc2ccc(F)cc2C)C2CCN(C)CC2)cc1. The van der Waals surface area contributed by atoms with Crippen LogP contribution in [-0.4, -0.2) is 42.6 Å². The largest absolute Gasteiger partial charge is 0.490 e. The van der Waals surface area contributed by atoms with Gasteiger partial charge in [-0.1, -0.05) is 37.4 Å². The molecule has 0 bridgehead atoms. The van der Waals surface area contributed by atoms with Crippen molar-refractivity contribution in [2.24, 2.45) is 0 Å². The van der Waals surface area contributed by atoms with Gasteiger partial charge < -0.3 is 19.9 Å². The number of ether oxygens (including phenoxy) is 1. The summed E-state index contributed by atoms with van der Waals surface area (Å²) in [6.07, 6.45) is 3.92. The van der Waals surface area contributed by atoms with Crippen molar-refractivity contribution in [3.05, 3.63) is 90.0 Å². The van der Waals surface area contributed by atoms with E-state index in [1.807, 2.05) is 25.1 Å². The van der Waals surface area contributed by atoms with Crippen LogP contribution in [-0.2, 0) is 13.1 Å². The Bertz CT molecular complexity index is 873. The molecule has 3 rings (SSSR count). The number of nitrogens with zero attached hydrogens (tertiary/aromatic N) is 2. The number of likely N-dealkylation sites (tertiary alicyclic amines) is 1. The molecule has 1 aliphatic rings. The van der Waals surface area contributed by atoms with Gasteiger partial charge in [-0.2, -0.15) is 0 Å². The lowest BCUT2D eigenvalue weighted by molar-refractivity contribution is 0.137. The van der Waals surface area contributed by atoms with Gasteiger partial charge in [-0.3, -0.25) is 0 Å². The number of rotatable bonds is 10. The Morgan fingerprint density at radius 3 is 2.58 bits per heavy atom. The molecule has 1 saturated heterocycles. The summed E-state index contributed by atoms with van der Waals surface area (Å²) in [4.78, 5) is 4.72. The van der Waals surface area contributed by atoms with Crippen molar-refractivity contribution >= 4 is 0 Å². The monoisotopic (exact) mass is 423 g/mol. The van der Waals surface area contributed by atoms with E-state index in [0.29, 0.717) is 19.2 Å². The van der Waals surface area contributed by atoms with Gasteiger partial charge in [0.2, 0.25) is 0 Å². The number of piperidine rings is 1. The molecule has 5 heteroatoms.